The molecule has 2 aromatic rings. The summed E-state index contributed by atoms with van der Waals surface area (Å²) in [5.41, 5.74) is 3.06. The lowest BCUT2D eigenvalue weighted by atomic mass is 9.86. The van der Waals surface area contributed by atoms with E-state index in [4.69, 9.17) is 0 Å². The molecule has 3 heterocycles. The van der Waals surface area contributed by atoms with Gasteiger partial charge in [-0.1, -0.05) is 6.92 Å². The molecule has 0 bridgehead atoms. The van der Waals surface area contributed by atoms with Gasteiger partial charge in [-0.2, -0.15) is 11.3 Å². The molecule has 0 radical (unpaired) electrons. The van der Waals surface area contributed by atoms with Gasteiger partial charge in [-0.3, -0.25) is 0 Å². The Hall–Kier alpha value is -1.13. The van der Waals surface area contributed by atoms with Gasteiger partial charge >= 0.3 is 0 Å². The van der Waals surface area contributed by atoms with Gasteiger partial charge in [0.05, 0.1) is 6.33 Å². The van der Waals surface area contributed by atoms with E-state index in [2.05, 4.69) is 38.6 Å². The predicted octanol–water partition coefficient (Wildman–Crippen LogP) is 2.44. The van der Waals surface area contributed by atoms with E-state index in [9.17, 15) is 0 Å². The highest BCUT2D eigenvalue weighted by Gasteiger charge is 2.33. The monoisotopic (exact) mass is 261 g/mol. The predicted molar refractivity (Wildman–Crippen MR) is 75.1 cm³/mol. The van der Waals surface area contributed by atoms with Crippen molar-refractivity contribution < 1.29 is 0 Å². The van der Waals surface area contributed by atoms with Crippen LogP contribution in [0.4, 0.5) is 0 Å². The van der Waals surface area contributed by atoms with Crippen molar-refractivity contribution >= 4 is 11.3 Å². The first kappa shape index (κ1) is 11.9. The first-order valence-electron chi connectivity index (χ1n) is 6.50. The van der Waals surface area contributed by atoms with E-state index in [0.29, 0.717) is 0 Å². The highest BCUT2D eigenvalue weighted by molar-refractivity contribution is 7.07. The van der Waals surface area contributed by atoms with Gasteiger partial charge in [-0.15, -0.1) is 0 Å². The maximum atomic E-state index is 4.35. The summed E-state index contributed by atoms with van der Waals surface area (Å²) in [6, 6.07) is 2.21. The van der Waals surface area contributed by atoms with Crippen LogP contribution in [0, 0.1) is 0 Å². The third kappa shape index (κ3) is 2.22. The Kier molecular flexibility index (Phi) is 3.22. The third-order valence-electron chi connectivity index (χ3n) is 3.92. The summed E-state index contributed by atoms with van der Waals surface area (Å²) >= 11 is 1.77. The summed E-state index contributed by atoms with van der Waals surface area (Å²) in [6.45, 7) is 5.55. The summed E-state index contributed by atoms with van der Waals surface area (Å²) in [7, 11) is 0. The van der Waals surface area contributed by atoms with E-state index in [1.165, 1.54) is 17.7 Å². The van der Waals surface area contributed by atoms with Crippen molar-refractivity contribution in [3.8, 4) is 0 Å². The van der Waals surface area contributed by atoms with E-state index in [-0.39, 0.29) is 5.41 Å². The molecule has 0 aliphatic carbocycles. The van der Waals surface area contributed by atoms with Crippen molar-refractivity contribution in [2.75, 3.05) is 13.1 Å². The van der Waals surface area contributed by atoms with Gasteiger partial charge in [0.2, 0.25) is 0 Å². The van der Waals surface area contributed by atoms with Crippen molar-refractivity contribution in [1.29, 1.82) is 0 Å². The molecule has 4 heteroatoms. The van der Waals surface area contributed by atoms with Gasteiger partial charge in [-0.05, 0) is 41.8 Å². The third-order valence-corrected chi connectivity index (χ3v) is 4.65. The molecular weight excluding hydrogens is 242 g/mol. The molecule has 0 saturated carbocycles. The number of nitrogens with one attached hydrogen (secondary N) is 1. The number of hydrogen-bond acceptors (Lipinski definition) is 3. The van der Waals surface area contributed by atoms with E-state index in [1.807, 2.05) is 12.5 Å². The number of hydrogen-bond donors (Lipinski definition) is 1. The Bertz CT molecular complexity index is 495. The minimum atomic E-state index is 0.255. The number of rotatable bonds is 4. The van der Waals surface area contributed by atoms with Gasteiger partial charge in [0.1, 0.15) is 0 Å². The fraction of sp³-hybridized carbons (Fsp3) is 0.500. The van der Waals surface area contributed by atoms with E-state index >= 15 is 0 Å². The van der Waals surface area contributed by atoms with Gasteiger partial charge < -0.3 is 9.88 Å². The quantitative estimate of drug-likeness (QED) is 0.916. The summed E-state index contributed by atoms with van der Waals surface area (Å²) < 4.78 is 2.32. The van der Waals surface area contributed by atoms with E-state index in [1.54, 1.807) is 11.3 Å². The molecule has 1 N–H and O–H groups in total. The Balaban J connectivity index is 1.75. The van der Waals surface area contributed by atoms with Crippen LogP contribution in [-0.4, -0.2) is 22.6 Å². The second-order valence-corrected chi connectivity index (χ2v) is 6.12. The first-order valence-corrected chi connectivity index (χ1v) is 7.45. The van der Waals surface area contributed by atoms with Gasteiger partial charge in [0.15, 0.2) is 0 Å². The number of aryl methyl sites for hydroxylation is 2. The summed E-state index contributed by atoms with van der Waals surface area (Å²) in [5, 5.41) is 7.84. The van der Waals surface area contributed by atoms with Crippen LogP contribution in [0.2, 0.25) is 0 Å². The highest BCUT2D eigenvalue weighted by atomic mass is 32.1. The maximum Gasteiger partial charge on any atom is 0.0948 e. The summed E-state index contributed by atoms with van der Waals surface area (Å²) in [6.07, 6.45) is 6.32. The molecule has 1 aliphatic rings. The van der Waals surface area contributed by atoms with E-state index < -0.39 is 0 Å². The number of thiophene rings is 1. The van der Waals surface area contributed by atoms with Crippen molar-refractivity contribution in [2.45, 2.75) is 31.7 Å². The normalized spacial score (nSPS) is 23.6. The average Bonchev–Trinajstić information content (AvgIpc) is 3.08. The molecule has 1 saturated heterocycles. The maximum absolute atomic E-state index is 4.35. The van der Waals surface area contributed by atoms with Gasteiger partial charge in [-0.25, -0.2) is 4.98 Å². The Morgan fingerprint density at radius 3 is 3.22 bits per heavy atom. The highest BCUT2D eigenvalue weighted by Crippen LogP contribution is 2.29. The Labute approximate surface area is 112 Å². The SMILES string of the molecule is CC1(c2cncn2CCc2ccsc2)CCNC1. The second-order valence-electron chi connectivity index (χ2n) is 5.34. The summed E-state index contributed by atoms with van der Waals surface area (Å²) in [4.78, 5) is 4.35. The van der Waals surface area contributed by atoms with Crippen LogP contribution < -0.4 is 5.32 Å². The first-order chi connectivity index (χ1) is 8.78. The molecule has 96 valence electrons. The van der Waals surface area contributed by atoms with Crippen LogP contribution in [0.15, 0.2) is 29.4 Å². The van der Waals surface area contributed by atoms with Crippen molar-refractivity contribution in [3.05, 3.63) is 40.6 Å². The van der Waals surface area contributed by atoms with Gasteiger partial charge in [0.25, 0.3) is 0 Å². The molecule has 1 aliphatic heterocycles. The number of aromatic nitrogens is 2. The molecule has 1 atom stereocenters. The standard InChI is InChI=1S/C14H19N3S/c1-14(4-5-15-10-14)13-8-16-11-17(13)6-2-12-3-7-18-9-12/h3,7-9,11,15H,2,4-6,10H2,1H3. The topological polar surface area (TPSA) is 29.9 Å². The van der Waals surface area contributed by atoms with Crippen LogP contribution >= 0.6 is 11.3 Å². The smallest absolute Gasteiger partial charge is 0.0948 e. The second kappa shape index (κ2) is 4.86. The van der Waals surface area contributed by atoms with Crippen LogP contribution in [-0.2, 0) is 18.4 Å². The largest absolute Gasteiger partial charge is 0.334 e. The minimum absolute atomic E-state index is 0.255. The number of nitrogens with zero attached hydrogens (tertiary/aromatic N) is 2. The lowest BCUT2D eigenvalue weighted by molar-refractivity contribution is 0.472. The van der Waals surface area contributed by atoms with Crippen molar-refractivity contribution in [1.82, 2.24) is 14.9 Å². The van der Waals surface area contributed by atoms with Crippen LogP contribution in [0.5, 0.6) is 0 Å². The average molecular weight is 261 g/mol. The molecule has 1 fully saturated rings. The van der Waals surface area contributed by atoms with Crippen LogP contribution in [0.1, 0.15) is 24.6 Å². The molecule has 0 aromatic carbocycles. The zero-order valence-corrected chi connectivity index (χ0v) is 11.5. The lowest BCUT2D eigenvalue weighted by Gasteiger charge is -2.24. The molecule has 0 amide bonds. The van der Waals surface area contributed by atoms with E-state index in [0.717, 1.165) is 26.1 Å². The van der Waals surface area contributed by atoms with Crippen molar-refractivity contribution in [3.63, 3.8) is 0 Å². The van der Waals surface area contributed by atoms with Gasteiger partial charge in [0, 0.05) is 30.4 Å². The Morgan fingerprint density at radius 1 is 1.56 bits per heavy atom. The minimum Gasteiger partial charge on any atom is -0.334 e. The zero-order valence-electron chi connectivity index (χ0n) is 10.7. The Morgan fingerprint density at radius 2 is 2.50 bits per heavy atom. The van der Waals surface area contributed by atoms with Crippen LogP contribution in [0.25, 0.3) is 0 Å². The molecule has 2 aromatic heterocycles. The van der Waals surface area contributed by atoms with Crippen molar-refractivity contribution in [2.24, 2.45) is 0 Å². The fourth-order valence-corrected chi connectivity index (χ4v) is 3.42. The molecule has 0 spiro atoms. The molecule has 3 nitrogen and oxygen atoms in total. The molecular formula is C14H19N3S. The summed E-state index contributed by atoms with van der Waals surface area (Å²) in [5.74, 6) is 0. The molecule has 1 unspecified atom stereocenters. The molecule has 18 heavy (non-hydrogen) atoms. The zero-order chi connectivity index (χ0) is 12.4. The molecule has 3 rings (SSSR count). The van der Waals surface area contributed by atoms with Crippen LogP contribution in [0.3, 0.4) is 0 Å². The fourth-order valence-electron chi connectivity index (χ4n) is 2.72. The lowest BCUT2D eigenvalue weighted by Crippen LogP contribution is -2.28. The number of imidazole rings is 1.